The highest BCUT2D eigenvalue weighted by molar-refractivity contribution is 5.94. The van der Waals surface area contributed by atoms with Crippen molar-refractivity contribution in [1.29, 1.82) is 0 Å². The highest BCUT2D eigenvalue weighted by atomic mass is 16.6. The van der Waals surface area contributed by atoms with Crippen molar-refractivity contribution in [3.8, 4) is 11.5 Å². The molecule has 4 aromatic rings. The molecular weight excluding hydrogens is 380 g/mol. The van der Waals surface area contributed by atoms with E-state index in [2.05, 4.69) is 4.98 Å². The number of fused-ring (bicyclic) bond motifs is 1. The molecule has 0 aliphatic heterocycles. The minimum absolute atomic E-state index is 0.400. The number of benzene rings is 3. The first-order valence-corrected chi connectivity index (χ1v) is 9.49. The molecule has 0 saturated carbocycles. The summed E-state index contributed by atoms with van der Waals surface area (Å²) in [5.41, 5.74) is 3.55. The summed E-state index contributed by atoms with van der Waals surface area (Å²) in [4.78, 5) is 13.4. The van der Waals surface area contributed by atoms with Crippen LogP contribution in [0.4, 0.5) is 0 Å². The van der Waals surface area contributed by atoms with Gasteiger partial charge in [-0.15, -0.1) is 0 Å². The molecule has 0 aliphatic carbocycles. The summed E-state index contributed by atoms with van der Waals surface area (Å²) in [6.07, 6.45) is 4.10. The van der Waals surface area contributed by atoms with Crippen LogP contribution in [0.15, 0.2) is 85.2 Å². The summed E-state index contributed by atoms with van der Waals surface area (Å²) in [7, 11) is 0. The number of ether oxygens (including phenoxy) is 2. The minimum atomic E-state index is -0.485. The fourth-order valence-corrected chi connectivity index (χ4v) is 3.15. The second-order valence-corrected chi connectivity index (χ2v) is 6.74. The van der Waals surface area contributed by atoms with Crippen LogP contribution >= 0.6 is 0 Å². The summed E-state index contributed by atoms with van der Waals surface area (Å²) in [5.74, 6) is 1.25. The number of aromatic nitrogens is 1. The average molecular weight is 400 g/mol. The maximum absolute atomic E-state index is 10.7. The molecule has 0 bridgehead atoms. The number of nitrogens with one attached hydrogen (secondary N) is 1. The largest absolute Gasteiger partial charge is 0.489 e. The number of hydrogen-bond donors (Lipinski definition) is 1. The van der Waals surface area contributed by atoms with E-state index in [4.69, 9.17) is 9.47 Å². The van der Waals surface area contributed by atoms with Crippen molar-refractivity contribution >= 4 is 17.0 Å². The van der Waals surface area contributed by atoms with Crippen LogP contribution in [0, 0.1) is 10.1 Å². The van der Waals surface area contributed by atoms with Crippen molar-refractivity contribution in [3.63, 3.8) is 0 Å². The molecule has 0 radical (unpaired) electrons. The lowest BCUT2D eigenvalue weighted by Crippen LogP contribution is -1.98. The number of hydrogen-bond acceptors (Lipinski definition) is 4. The van der Waals surface area contributed by atoms with E-state index in [0.29, 0.717) is 30.3 Å². The van der Waals surface area contributed by atoms with Crippen molar-refractivity contribution in [1.82, 2.24) is 4.98 Å². The molecule has 0 saturated heterocycles. The fraction of sp³-hybridized carbons (Fsp3) is 0.0833. The molecule has 6 nitrogen and oxygen atoms in total. The minimum Gasteiger partial charge on any atom is -0.489 e. The highest BCUT2D eigenvalue weighted by Gasteiger charge is 2.12. The van der Waals surface area contributed by atoms with E-state index in [-0.39, 0.29) is 0 Å². The third kappa shape index (κ3) is 4.67. The van der Waals surface area contributed by atoms with Gasteiger partial charge in [-0.3, -0.25) is 10.1 Å². The van der Waals surface area contributed by atoms with Gasteiger partial charge in [0.2, 0.25) is 6.20 Å². The van der Waals surface area contributed by atoms with E-state index in [0.717, 1.165) is 28.2 Å². The number of aromatic amines is 1. The smallest absolute Gasteiger partial charge is 0.235 e. The molecule has 1 aromatic heterocycles. The first kappa shape index (κ1) is 19.3. The van der Waals surface area contributed by atoms with E-state index in [1.54, 1.807) is 6.20 Å². The van der Waals surface area contributed by atoms with E-state index >= 15 is 0 Å². The fourth-order valence-electron chi connectivity index (χ4n) is 3.15. The lowest BCUT2D eigenvalue weighted by molar-refractivity contribution is -0.400. The monoisotopic (exact) mass is 400 g/mol. The van der Waals surface area contributed by atoms with E-state index in [9.17, 15) is 10.1 Å². The van der Waals surface area contributed by atoms with Gasteiger partial charge in [0.1, 0.15) is 24.7 Å². The van der Waals surface area contributed by atoms with Gasteiger partial charge in [-0.2, -0.15) is 0 Å². The Labute approximate surface area is 173 Å². The van der Waals surface area contributed by atoms with Crippen molar-refractivity contribution in [2.75, 3.05) is 0 Å². The lowest BCUT2D eigenvalue weighted by atomic mass is 10.1. The molecule has 30 heavy (non-hydrogen) atoms. The van der Waals surface area contributed by atoms with Crippen LogP contribution in [0.1, 0.15) is 16.7 Å². The van der Waals surface area contributed by atoms with Gasteiger partial charge in [-0.05, 0) is 17.2 Å². The van der Waals surface area contributed by atoms with Crippen molar-refractivity contribution in [3.05, 3.63) is 112 Å². The molecule has 150 valence electrons. The second kappa shape index (κ2) is 8.96. The van der Waals surface area contributed by atoms with Crippen LogP contribution in [0.2, 0.25) is 0 Å². The molecule has 4 rings (SSSR count). The van der Waals surface area contributed by atoms with Gasteiger partial charge in [0, 0.05) is 29.3 Å². The first-order valence-electron chi connectivity index (χ1n) is 9.49. The van der Waals surface area contributed by atoms with Crippen LogP contribution in [-0.2, 0) is 13.2 Å². The van der Waals surface area contributed by atoms with Crippen LogP contribution < -0.4 is 9.47 Å². The van der Waals surface area contributed by atoms with Gasteiger partial charge in [0.15, 0.2) is 0 Å². The quantitative estimate of drug-likeness (QED) is 0.310. The van der Waals surface area contributed by atoms with Crippen molar-refractivity contribution < 1.29 is 14.4 Å². The van der Waals surface area contributed by atoms with Gasteiger partial charge in [-0.25, -0.2) is 0 Å². The zero-order valence-electron chi connectivity index (χ0n) is 16.2. The van der Waals surface area contributed by atoms with Gasteiger partial charge in [0.05, 0.1) is 10.4 Å². The SMILES string of the molecule is O=[N+]([O-])/C=C/c1c[nH]c2c(OCc3ccccc3)cc(OCc3ccccc3)cc12. The Morgan fingerprint density at radius 3 is 2.17 bits per heavy atom. The summed E-state index contributed by atoms with van der Waals surface area (Å²) in [6.45, 7) is 0.812. The van der Waals surface area contributed by atoms with E-state index in [1.807, 2.05) is 72.8 Å². The van der Waals surface area contributed by atoms with Crippen LogP contribution in [0.3, 0.4) is 0 Å². The van der Waals surface area contributed by atoms with Gasteiger partial charge >= 0.3 is 0 Å². The zero-order valence-corrected chi connectivity index (χ0v) is 16.2. The third-order valence-electron chi connectivity index (χ3n) is 4.62. The normalized spacial score (nSPS) is 11.1. The molecule has 1 heterocycles. The summed E-state index contributed by atoms with van der Waals surface area (Å²) >= 11 is 0. The summed E-state index contributed by atoms with van der Waals surface area (Å²) in [5, 5.41) is 11.5. The molecule has 0 aliphatic rings. The predicted octanol–water partition coefficient (Wildman–Crippen LogP) is 5.57. The highest BCUT2D eigenvalue weighted by Crippen LogP contribution is 2.34. The average Bonchev–Trinajstić information content (AvgIpc) is 3.19. The Morgan fingerprint density at radius 1 is 0.900 bits per heavy atom. The molecule has 1 N–H and O–H groups in total. The predicted molar refractivity (Wildman–Crippen MR) is 116 cm³/mol. The first-order chi connectivity index (χ1) is 14.7. The lowest BCUT2D eigenvalue weighted by Gasteiger charge is -2.12. The Bertz CT molecular complexity index is 1170. The Balaban J connectivity index is 1.65. The molecule has 3 aromatic carbocycles. The van der Waals surface area contributed by atoms with Gasteiger partial charge in [-0.1, -0.05) is 60.7 Å². The summed E-state index contributed by atoms with van der Waals surface area (Å²) in [6, 6.07) is 23.4. The van der Waals surface area contributed by atoms with Crippen LogP contribution in [0.25, 0.3) is 17.0 Å². The molecule has 0 unspecified atom stereocenters. The topological polar surface area (TPSA) is 77.4 Å². The molecule has 0 atom stereocenters. The standard InChI is InChI=1S/C24H20N2O4/c27-26(28)12-11-20-15-25-24-22(20)13-21(29-16-18-7-3-1-4-8-18)14-23(24)30-17-19-9-5-2-6-10-19/h1-15,25H,16-17H2/b12-11+. The Kier molecular flexibility index (Phi) is 5.75. The zero-order chi connectivity index (χ0) is 20.8. The van der Waals surface area contributed by atoms with Crippen molar-refractivity contribution in [2.24, 2.45) is 0 Å². The number of H-pyrrole nitrogens is 1. The third-order valence-corrected chi connectivity index (χ3v) is 4.62. The van der Waals surface area contributed by atoms with E-state index in [1.165, 1.54) is 6.08 Å². The molecule has 6 heteroatoms. The Morgan fingerprint density at radius 2 is 1.53 bits per heavy atom. The van der Waals surface area contributed by atoms with E-state index < -0.39 is 4.92 Å². The number of nitrogens with zero attached hydrogens (tertiary/aromatic N) is 1. The molecule has 0 spiro atoms. The van der Waals surface area contributed by atoms with Crippen LogP contribution in [-0.4, -0.2) is 9.91 Å². The number of nitro groups is 1. The maximum atomic E-state index is 10.7. The van der Waals surface area contributed by atoms with Gasteiger partial charge in [0.25, 0.3) is 0 Å². The number of rotatable bonds is 8. The van der Waals surface area contributed by atoms with Crippen LogP contribution in [0.5, 0.6) is 11.5 Å². The second-order valence-electron chi connectivity index (χ2n) is 6.74. The Hall–Kier alpha value is -4.06. The molecular formula is C24H20N2O4. The van der Waals surface area contributed by atoms with Crippen molar-refractivity contribution in [2.45, 2.75) is 13.2 Å². The summed E-state index contributed by atoms with van der Waals surface area (Å²) < 4.78 is 12.1. The molecule has 0 amide bonds. The maximum Gasteiger partial charge on any atom is 0.235 e. The molecule has 0 fully saturated rings. The van der Waals surface area contributed by atoms with Gasteiger partial charge < -0.3 is 14.5 Å².